The van der Waals surface area contributed by atoms with E-state index in [1.165, 1.54) is 132 Å². The van der Waals surface area contributed by atoms with Crippen molar-refractivity contribution in [3.63, 3.8) is 0 Å². The van der Waals surface area contributed by atoms with E-state index in [1.807, 2.05) is 30.6 Å². The highest BCUT2D eigenvalue weighted by molar-refractivity contribution is 7.85. The molecule has 3 heterocycles. The predicted octanol–water partition coefficient (Wildman–Crippen LogP) is -0.258. The van der Waals surface area contributed by atoms with Crippen LogP contribution in [0.25, 0.3) is 0 Å². The summed E-state index contributed by atoms with van der Waals surface area (Å²) in [6.45, 7) is 48.4. The molecular weight excluding hydrogens is 1720 g/mol. The summed E-state index contributed by atoms with van der Waals surface area (Å²) >= 11 is 0. The van der Waals surface area contributed by atoms with E-state index < -0.39 is 28.2 Å². The van der Waals surface area contributed by atoms with Gasteiger partial charge in [0.2, 0.25) is 0 Å². The number of unbranched alkanes of at least 4 members (excludes halogenated alkanes) is 3. The van der Waals surface area contributed by atoms with Gasteiger partial charge in [-0.1, -0.05) is 45.2 Å². The van der Waals surface area contributed by atoms with Crippen molar-refractivity contribution in [1.82, 2.24) is 19.7 Å². The number of nitrogens with zero attached hydrogens (tertiary/aromatic N) is 10. The van der Waals surface area contributed by atoms with Crippen LogP contribution in [0.1, 0.15) is 149 Å². The van der Waals surface area contributed by atoms with Gasteiger partial charge in [0, 0.05) is 119 Å². The van der Waals surface area contributed by atoms with Gasteiger partial charge in [-0.3, -0.25) is 9.35 Å². The predicted molar refractivity (Wildman–Crippen MR) is 458 cm³/mol. The van der Waals surface area contributed by atoms with Gasteiger partial charge in [0.15, 0.2) is 18.9 Å². The van der Waals surface area contributed by atoms with Crippen molar-refractivity contribution in [1.29, 1.82) is 0 Å². The first-order chi connectivity index (χ1) is 52.9. The van der Waals surface area contributed by atoms with Crippen LogP contribution in [-0.4, -0.2) is 365 Å². The van der Waals surface area contributed by atoms with Crippen LogP contribution in [0.2, 0.25) is 0 Å². The fourth-order valence-electron chi connectivity index (χ4n) is 11.8. The number of pyridine rings is 2. The average molecular weight is 1900 g/mol. The van der Waals surface area contributed by atoms with Crippen molar-refractivity contribution < 1.29 is 172 Å². The number of benzene rings is 1. The van der Waals surface area contributed by atoms with Crippen molar-refractivity contribution in [2.75, 3.05) is 282 Å². The Balaban J connectivity index is -0.000000171. The molecule has 0 amide bonds. The number of aryl methyl sites for hydroxylation is 2. The Morgan fingerprint density at radius 1 is 0.517 bits per heavy atom. The molecule has 3 N–H and O–H groups in total. The molecule has 1 unspecified atom stereocenters. The van der Waals surface area contributed by atoms with E-state index in [0.717, 1.165) is 121 Å². The molecule has 25 nitrogen and oxygen atoms in total. The number of methoxy groups -OCH3 is 6. The number of alkyl halides is 3. The third-order valence-electron chi connectivity index (χ3n) is 20.7. The third kappa shape index (κ3) is 75.6. The highest BCUT2D eigenvalue weighted by atomic mass is 127. The zero-order valence-corrected chi connectivity index (χ0v) is 80.8. The van der Waals surface area contributed by atoms with Gasteiger partial charge in [0.05, 0.1) is 171 Å². The van der Waals surface area contributed by atoms with Gasteiger partial charge in [-0.25, -0.2) is 14.3 Å². The normalized spacial score (nSPS) is 14.4. The van der Waals surface area contributed by atoms with Crippen molar-refractivity contribution in [2.24, 2.45) is 0 Å². The van der Waals surface area contributed by atoms with E-state index in [-0.39, 0.29) is 88.2 Å². The molecule has 33 heteroatoms. The van der Waals surface area contributed by atoms with Crippen molar-refractivity contribution >= 4 is 22.1 Å². The van der Waals surface area contributed by atoms with Crippen LogP contribution in [0.15, 0.2) is 67.0 Å². The molecule has 0 radical (unpaired) electrons. The summed E-state index contributed by atoms with van der Waals surface area (Å²) in [6, 6.07) is 19.0. The first-order valence-corrected chi connectivity index (χ1v) is 42.3. The molecule has 2 aromatic heterocycles. The molecule has 0 spiro atoms. The van der Waals surface area contributed by atoms with Crippen LogP contribution < -0.4 is 65.8 Å². The van der Waals surface area contributed by atoms with Crippen LogP contribution in [0.3, 0.4) is 0 Å². The van der Waals surface area contributed by atoms with Crippen molar-refractivity contribution in [3.05, 3.63) is 95.1 Å². The number of aliphatic carboxylic acids is 2. The molecule has 4 rings (SSSR count). The van der Waals surface area contributed by atoms with E-state index in [1.54, 1.807) is 42.7 Å². The zero-order chi connectivity index (χ0) is 85.4. The molecule has 704 valence electrons. The van der Waals surface area contributed by atoms with E-state index in [2.05, 4.69) is 170 Å². The Morgan fingerprint density at radius 3 is 1.42 bits per heavy atom. The quantitative estimate of drug-likeness (QED) is 0.0218. The second-order valence-electron chi connectivity index (χ2n) is 30.7. The van der Waals surface area contributed by atoms with Gasteiger partial charge >= 0.3 is 18.1 Å². The first kappa shape index (κ1) is 133. The maximum absolute atomic E-state index is 10.6. The topological polar surface area (TPSA) is 229 Å². The Hall–Kier alpha value is -2.88. The number of carboxylic acids is 2. The van der Waals surface area contributed by atoms with Crippen LogP contribution in [0, 0.1) is 0 Å². The fourth-order valence-corrected chi connectivity index (χ4v) is 12.3. The number of carboxylic acid groups (broad SMARTS) is 2. The van der Waals surface area contributed by atoms with Gasteiger partial charge in [-0.15, -0.1) is 0 Å². The van der Waals surface area contributed by atoms with E-state index in [9.17, 15) is 26.4 Å². The Bertz CT molecular complexity index is 2850. The standard InChI is InChI=1S/C21H47N4O3.C15H26NO.C14H25N2O.C14H34N2O.C12H17NO3.C5H12O4S.C2HF3O2.2CH4.3ClH.HI/c1-22-8-6-9-24(3)13-15-25(4,14-7-10-23(2)12-11-22)16-17-27-20-21-28-19-18-26-5;1-5-16(6-2,7-3)12-14-8-10-15(11-9-14)13-17-4;1-5-16(6-2,7-3)11-13-9-8-10-14(15-13)12-17-4;1-7-15(2,3)12-13-16(4,5)11-9-8-10-14-17-6;1-16-10-2-7-13-8-5-11(6-9-13)3-4-12(14)15;1-9-4-2-3-5-10(6,7)8;3-2(4,5)1(6)7;;;;;;/h6-21H2,1-5H3;8-11H,5-7,12-13H2,1-4H3;8-10H,5-7,11-12H2,1-4H3;7-14H2,1-6H3;5-6,8-9H,2-4,7,10H2,1H3;2-5H2,1H3,(H,6,7,8);(H,6,7);2*1H4;4*1H/q3*+1;+2;;;;;;;;;/p-3. The van der Waals surface area contributed by atoms with Crippen LogP contribution in [0.4, 0.5) is 13.2 Å². The largest absolute Gasteiger partial charge is 1.00 e. The Labute approximate surface area is 752 Å². The zero-order valence-electron chi connectivity index (χ0n) is 75.5. The SMILES string of the molecule is C.C.CC[N+](C)(C)CC[N+](C)(C)CCCCCOC.CC[N+](CC)(CC)Cc1ccc(COC)cc1.CC[N+](CC)(CC)Cc1cccc(COC)n1.COCCCCS(=O)(=O)O.COCCC[n+]1ccc(CCC(=O)O)cc1.COCCOCCOCC[N+]1(C)CCCN(C)CCN(C)CCCN(C)CC1.O=C(O)C(F)(F)F.[Cl-].[Cl-].[Cl-].[I-]. The molecule has 1 saturated heterocycles. The van der Waals surface area contributed by atoms with Crippen LogP contribution in [-0.2, 0) is 96.9 Å². The van der Waals surface area contributed by atoms with E-state index >= 15 is 0 Å². The monoisotopic (exact) mass is 1890 g/mol. The summed E-state index contributed by atoms with van der Waals surface area (Å²) in [4.78, 5) is 31.4. The molecule has 0 bridgehead atoms. The summed E-state index contributed by atoms with van der Waals surface area (Å²) < 4.78 is 109. The summed E-state index contributed by atoms with van der Waals surface area (Å²) in [5.74, 6) is -3.68. The smallest absolute Gasteiger partial charge is 0.490 e. The van der Waals surface area contributed by atoms with Gasteiger partial charge in [0.25, 0.3) is 10.1 Å². The molecule has 1 aliphatic heterocycles. The van der Waals surface area contributed by atoms with E-state index in [0.29, 0.717) is 65.5 Å². The number of carbonyl (C=O) groups is 2. The lowest BCUT2D eigenvalue weighted by Crippen LogP contribution is -3.00. The number of rotatable bonds is 45. The second-order valence-corrected chi connectivity index (χ2v) is 32.3. The Kier molecular flexibility index (Phi) is 90.2. The number of aromatic nitrogens is 2. The number of halogens is 7. The second kappa shape index (κ2) is 80.0. The minimum Gasteiger partial charge on any atom is -1.00 e. The highest BCUT2D eigenvalue weighted by Gasteiger charge is 2.38. The van der Waals surface area contributed by atoms with Gasteiger partial charge in [0.1, 0.15) is 32.7 Å². The molecule has 0 saturated carbocycles. The third-order valence-corrected chi connectivity index (χ3v) is 21.5. The fraction of sp³-hybridized carbons (Fsp3) is 0.788. The van der Waals surface area contributed by atoms with E-state index in [4.69, 9.17) is 52.7 Å². The molecule has 118 heavy (non-hydrogen) atoms. The minimum atomic E-state index is -5.08. The van der Waals surface area contributed by atoms with Crippen molar-refractivity contribution in [3.8, 4) is 0 Å². The van der Waals surface area contributed by atoms with Gasteiger partial charge in [-0.05, 0) is 151 Å². The maximum atomic E-state index is 10.6. The molecule has 1 atom stereocenters. The molecule has 3 aromatic rings. The first-order valence-electron chi connectivity index (χ1n) is 40.7. The lowest BCUT2D eigenvalue weighted by atomic mass is 10.1. The molecule has 1 aliphatic rings. The van der Waals surface area contributed by atoms with Crippen LogP contribution >= 0.6 is 0 Å². The number of likely N-dealkylation sites (N-methyl/N-ethyl adjacent to an activating group) is 6. The summed E-state index contributed by atoms with van der Waals surface area (Å²) in [5, 5.41) is 15.7. The highest BCUT2D eigenvalue weighted by Crippen LogP contribution is 2.18. The number of quaternary nitrogens is 5. The summed E-state index contributed by atoms with van der Waals surface area (Å²) in [6.07, 6.45) is 8.04. The van der Waals surface area contributed by atoms with Gasteiger partial charge in [-0.2, -0.15) is 21.6 Å². The molecule has 1 aromatic carbocycles. The number of ether oxygens (including phenoxy) is 8. The molecule has 1 fully saturated rings. The Morgan fingerprint density at radius 2 is 0.958 bits per heavy atom. The number of hydrogen-bond acceptors (Lipinski definition) is 16. The number of hydrogen-bond donors (Lipinski definition) is 3. The lowest BCUT2D eigenvalue weighted by Gasteiger charge is -2.37. The molecular formula is C85H171Cl3F3IN10O15S+2. The van der Waals surface area contributed by atoms with Crippen molar-refractivity contribution in [2.45, 2.75) is 167 Å². The average Bonchev–Trinajstić information content (AvgIpc) is 0.858. The van der Waals surface area contributed by atoms with Gasteiger partial charge < -0.3 is 146 Å². The minimum absolute atomic E-state index is 0. The lowest BCUT2D eigenvalue weighted by molar-refractivity contribution is -0.945. The summed E-state index contributed by atoms with van der Waals surface area (Å²) in [7, 11) is 24.9. The summed E-state index contributed by atoms with van der Waals surface area (Å²) in [5.41, 5.74) is 5.93. The van der Waals surface area contributed by atoms with Crippen LogP contribution in [0.5, 0.6) is 0 Å². The molecule has 0 aliphatic carbocycles. The maximum Gasteiger partial charge on any atom is 0.490 e.